The van der Waals surface area contributed by atoms with Gasteiger partial charge in [0.05, 0.1) is 16.3 Å². The average Bonchev–Trinajstić information content (AvgIpc) is 3.10. The molecule has 0 saturated heterocycles. The minimum atomic E-state index is -0.357. The smallest absolute Gasteiger partial charge is 0.259 e. The number of nitrogens with one attached hydrogen (secondary N) is 2. The van der Waals surface area contributed by atoms with E-state index in [-0.39, 0.29) is 17.6 Å². The monoisotopic (exact) mass is 488 g/mol. The van der Waals surface area contributed by atoms with Crippen LogP contribution in [0.5, 0.6) is 0 Å². The van der Waals surface area contributed by atoms with Crippen molar-refractivity contribution in [1.29, 1.82) is 0 Å². The van der Waals surface area contributed by atoms with Crippen LogP contribution in [0.3, 0.4) is 0 Å². The summed E-state index contributed by atoms with van der Waals surface area (Å²) in [5.74, 6) is -0.0612. The number of benzene rings is 1. The van der Waals surface area contributed by atoms with Gasteiger partial charge in [-0.2, -0.15) is 0 Å². The normalized spacial score (nSPS) is 14.7. The number of hydrogen-bond acceptors (Lipinski definition) is 6. The van der Waals surface area contributed by atoms with Crippen molar-refractivity contribution < 1.29 is 9.59 Å². The SMILES string of the molecule is O=C(CSc1nnc(NC(=O)c2cc(Br)ccc2Cl)s1)NC1CCCCC1. The fourth-order valence-corrected chi connectivity index (χ4v) is 4.92. The van der Waals surface area contributed by atoms with E-state index in [1.807, 2.05) is 0 Å². The second kappa shape index (κ2) is 9.86. The maximum atomic E-state index is 12.3. The summed E-state index contributed by atoms with van der Waals surface area (Å²) >= 11 is 11.9. The number of amides is 2. The van der Waals surface area contributed by atoms with E-state index in [1.165, 1.54) is 42.4 Å². The molecule has 0 atom stereocenters. The summed E-state index contributed by atoms with van der Waals surface area (Å²) in [4.78, 5) is 24.4. The Kier molecular flexibility index (Phi) is 7.51. The van der Waals surface area contributed by atoms with Gasteiger partial charge in [-0.3, -0.25) is 14.9 Å². The number of carbonyl (C=O) groups excluding carboxylic acids is 2. The summed E-state index contributed by atoms with van der Waals surface area (Å²) in [6.07, 6.45) is 5.73. The number of halogens is 2. The van der Waals surface area contributed by atoms with E-state index in [0.717, 1.165) is 17.3 Å². The van der Waals surface area contributed by atoms with Gasteiger partial charge in [-0.15, -0.1) is 10.2 Å². The number of anilines is 1. The molecular formula is C17H18BrClN4O2S2. The van der Waals surface area contributed by atoms with Gasteiger partial charge >= 0.3 is 0 Å². The molecule has 6 nitrogen and oxygen atoms in total. The molecule has 1 aromatic heterocycles. The number of rotatable bonds is 6. The third-order valence-electron chi connectivity index (χ3n) is 4.10. The highest BCUT2D eigenvalue weighted by molar-refractivity contribution is 9.10. The van der Waals surface area contributed by atoms with E-state index < -0.39 is 0 Å². The first kappa shape index (κ1) is 20.6. The molecule has 144 valence electrons. The Labute approximate surface area is 179 Å². The molecule has 0 spiro atoms. The summed E-state index contributed by atoms with van der Waals surface area (Å²) in [6, 6.07) is 5.35. The minimum absolute atomic E-state index is 0.00797. The maximum Gasteiger partial charge on any atom is 0.259 e. The first-order valence-electron chi connectivity index (χ1n) is 8.53. The first-order valence-corrected chi connectivity index (χ1v) is 11.5. The van der Waals surface area contributed by atoms with E-state index in [9.17, 15) is 9.59 Å². The average molecular weight is 490 g/mol. The third kappa shape index (κ3) is 6.17. The molecule has 2 N–H and O–H groups in total. The minimum Gasteiger partial charge on any atom is -0.353 e. The van der Waals surface area contributed by atoms with Crippen LogP contribution in [-0.4, -0.2) is 33.8 Å². The van der Waals surface area contributed by atoms with Crippen molar-refractivity contribution in [2.75, 3.05) is 11.1 Å². The van der Waals surface area contributed by atoms with Crippen LogP contribution in [0.15, 0.2) is 27.0 Å². The van der Waals surface area contributed by atoms with Crippen LogP contribution >= 0.6 is 50.6 Å². The van der Waals surface area contributed by atoms with E-state index in [2.05, 4.69) is 36.8 Å². The number of aromatic nitrogens is 2. The summed E-state index contributed by atoms with van der Waals surface area (Å²) < 4.78 is 1.39. The first-order chi connectivity index (χ1) is 13.0. The molecule has 1 heterocycles. The van der Waals surface area contributed by atoms with Crippen molar-refractivity contribution in [2.45, 2.75) is 42.5 Å². The van der Waals surface area contributed by atoms with Crippen LogP contribution in [0.4, 0.5) is 5.13 Å². The van der Waals surface area contributed by atoms with Crippen LogP contribution in [-0.2, 0) is 4.79 Å². The topological polar surface area (TPSA) is 84.0 Å². The van der Waals surface area contributed by atoms with Crippen molar-refractivity contribution in [2.24, 2.45) is 0 Å². The maximum absolute atomic E-state index is 12.3. The van der Waals surface area contributed by atoms with Crippen molar-refractivity contribution in [3.8, 4) is 0 Å². The standard InChI is InChI=1S/C17H18BrClN4O2S2/c18-10-6-7-13(19)12(8-10)15(25)21-16-22-23-17(27-16)26-9-14(24)20-11-4-2-1-3-5-11/h6-8,11H,1-5,9H2,(H,20,24)(H,21,22,25). The molecule has 1 aromatic carbocycles. The van der Waals surface area contributed by atoms with Gasteiger partial charge in [0.15, 0.2) is 4.34 Å². The summed E-state index contributed by atoms with van der Waals surface area (Å²) in [7, 11) is 0. The third-order valence-corrected chi connectivity index (χ3v) is 6.89. The fraction of sp³-hybridized carbons (Fsp3) is 0.412. The Morgan fingerprint density at radius 1 is 1.26 bits per heavy atom. The van der Waals surface area contributed by atoms with Gasteiger partial charge in [-0.1, -0.05) is 69.9 Å². The van der Waals surface area contributed by atoms with Crippen molar-refractivity contribution in [1.82, 2.24) is 15.5 Å². The lowest BCUT2D eigenvalue weighted by atomic mass is 9.95. The highest BCUT2D eigenvalue weighted by atomic mass is 79.9. The van der Waals surface area contributed by atoms with Gasteiger partial charge in [-0.25, -0.2) is 0 Å². The van der Waals surface area contributed by atoms with Gasteiger partial charge in [0.1, 0.15) is 0 Å². The molecule has 0 radical (unpaired) electrons. The largest absolute Gasteiger partial charge is 0.353 e. The predicted molar refractivity (Wildman–Crippen MR) is 113 cm³/mol. The molecule has 0 bridgehead atoms. The lowest BCUT2D eigenvalue weighted by molar-refractivity contribution is -0.119. The molecule has 3 rings (SSSR count). The van der Waals surface area contributed by atoms with Crippen LogP contribution in [0.2, 0.25) is 5.02 Å². The molecule has 1 saturated carbocycles. The molecule has 0 aliphatic heterocycles. The number of hydrogen-bond donors (Lipinski definition) is 2. The summed E-state index contributed by atoms with van der Waals surface area (Å²) in [6.45, 7) is 0. The molecule has 2 aromatic rings. The molecular weight excluding hydrogens is 472 g/mol. The Balaban J connectivity index is 1.50. The zero-order chi connectivity index (χ0) is 19.2. The zero-order valence-corrected chi connectivity index (χ0v) is 18.3. The van der Waals surface area contributed by atoms with E-state index in [0.29, 0.717) is 26.1 Å². The Morgan fingerprint density at radius 3 is 2.81 bits per heavy atom. The highest BCUT2D eigenvalue weighted by Gasteiger charge is 2.17. The van der Waals surface area contributed by atoms with Crippen LogP contribution in [0.1, 0.15) is 42.5 Å². The van der Waals surface area contributed by atoms with Crippen molar-refractivity contribution >= 4 is 67.6 Å². The van der Waals surface area contributed by atoms with E-state index >= 15 is 0 Å². The van der Waals surface area contributed by atoms with Crippen molar-refractivity contribution in [3.63, 3.8) is 0 Å². The van der Waals surface area contributed by atoms with E-state index in [1.54, 1.807) is 18.2 Å². The molecule has 2 amide bonds. The summed E-state index contributed by atoms with van der Waals surface area (Å²) in [5, 5.41) is 14.5. The lowest BCUT2D eigenvalue weighted by Crippen LogP contribution is -2.37. The second-order valence-corrected chi connectivity index (χ2v) is 9.67. The molecule has 27 heavy (non-hydrogen) atoms. The van der Waals surface area contributed by atoms with Crippen LogP contribution in [0, 0.1) is 0 Å². The highest BCUT2D eigenvalue weighted by Crippen LogP contribution is 2.27. The lowest BCUT2D eigenvalue weighted by Gasteiger charge is -2.22. The van der Waals surface area contributed by atoms with Gasteiger partial charge in [0.2, 0.25) is 11.0 Å². The number of carbonyl (C=O) groups is 2. The van der Waals surface area contributed by atoms with Gasteiger partial charge in [-0.05, 0) is 31.0 Å². The predicted octanol–water partition coefficient (Wildman–Crippen LogP) is 4.75. The molecule has 1 aliphatic rings. The van der Waals surface area contributed by atoms with Crippen LogP contribution in [0.25, 0.3) is 0 Å². The molecule has 10 heteroatoms. The zero-order valence-electron chi connectivity index (χ0n) is 14.3. The molecule has 1 aliphatic carbocycles. The Hall–Kier alpha value is -1.16. The summed E-state index contributed by atoms with van der Waals surface area (Å²) in [5.41, 5.74) is 0.349. The van der Waals surface area contributed by atoms with E-state index in [4.69, 9.17) is 11.6 Å². The van der Waals surface area contributed by atoms with Crippen molar-refractivity contribution in [3.05, 3.63) is 33.3 Å². The Morgan fingerprint density at radius 2 is 2.04 bits per heavy atom. The van der Waals surface area contributed by atoms with Crippen LogP contribution < -0.4 is 10.6 Å². The van der Waals surface area contributed by atoms with Gasteiger partial charge in [0.25, 0.3) is 5.91 Å². The van der Waals surface area contributed by atoms with Gasteiger partial charge < -0.3 is 5.32 Å². The van der Waals surface area contributed by atoms with Gasteiger partial charge in [0, 0.05) is 10.5 Å². The number of nitrogens with zero attached hydrogens (tertiary/aromatic N) is 2. The number of thioether (sulfide) groups is 1. The molecule has 1 fully saturated rings. The molecule has 0 unspecified atom stereocenters. The fourth-order valence-electron chi connectivity index (χ4n) is 2.80. The second-order valence-electron chi connectivity index (χ2n) is 6.14. The quantitative estimate of drug-likeness (QED) is 0.452. The Bertz CT molecular complexity index is 827.